The van der Waals surface area contributed by atoms with Gasteiger partial charge >= 0.3 is 5.97 Å². The average Bonchev–Trinajstić information content (AvgIpc) is 2.95. The molecule has 0 amide bonds. The molecule has 2 heterocycles. The van der Waals surface area contributed by atoms with Crippen LogP contribution in [0.1, 0.15) is 24.0 Å². The van der Waals surface area contributed by atoms with Crippen LogP contribution in [0.5, 0.6) is 0 Å². The summed E-state index contributed by atoms with van der Waals surface area (Å²) in [5, 5.41) is 3.42. The first-order valence-electron chi connectivity index (χ1n) is 6.97. The number of hydrogen-bond donors (Lipinski definition) is 1. The molecule has 3 rings (SSSR count). The fourth-order valence-electron chi connectivity index (χ4n) is 3.20. The predicted molar refractivity (Wildman–Crippen MR) is 74.2 cm³/mol. The summed E-state index contributed by atoms with van der Waals surface area (Å²) >= 11 is 0. The zero-order chi connectivity index (χ0) is 13.2. The molecule has 1 unspecified atom stereocenters. The molecule has 4 heteroatoms. The molecule has 1 saturated heterocycles. The van der Waals surface area contributed by atoms with E-state index in [1.54, 1.807) is 0 Å². The summed E-state index contributed by atoms with van der Waals surface area (Å²) in [6.45, 7) is 2.88. The van der Waals surface area contributed by atoms with Crippen LogP contribution in [0.3, 0.4) is 0 Å². The van der Waals surface area contributed by atoms with Gasteiger partial charge in [0.2, 0.25) is 0 Å². The minimum atomic E-state index is -0.113. The molecule has 2 aliphatic heterocycles. The van der Waals surface area contributed by atoms with Gasteiger partial charge in [-0.25, -0.2) is 4.79 Å². The molecular weight excluding hydrogens is 240 g/mol. The molecule has 0 radical (unpaired) electrons. The Bertz CT molecular complexity index is 487. The molecule has 0 aliphatic carbocycles. The number of fused-ring (bicyclic) bond motifs is 1. The first-order valence-corrected chi connectivity index (χ1v) is 6.97. The molecule has 1 aromatic rings. The van der Waals surface area contributed by atoms with Crippen LogP contribution in [0.4, 0.5) is 5.69 Å². The monoisotopic (exact) mass is 260 g/mol. The molecule has 1 aromatic carbocycles. The van der Waals surface area contributed by atoms with Crippen molar-refractivity contribution in [1.82, 2.24) is 5.32 Å². The lowest BCUT2D eigenvalue weighted by Gasteiger charge is -2.30. The van der Waals surface area contributed by atoms with Crippen LogP contribution in [0.2, 0.25) is 0 Å². The minimum absolute atomic E-state index is 0.112. The summed E-state index contributed by atoms with van der Waals surface area (Å²) in [4.78, 5) is 14.1. The number of rotatable bonds is 2. The maximum atomic E-state index is 11.9. The molecule has 1 fully saturated rings. The first kappa shape index (κ1) is 12.5. The molecule has 0 bridgehead atoms. The highest BCUT2D eigenvalue weighted by Gasteiger charge is 2.33. The van der Waals surface area contributed by atoms with Crippen LogP contribution >= 0.6 is 0 Å². The second kappa shape index (κ2) is 5.21. The van der Waals surface area contributed by atoms with Gasteiger partial charge in [-0.15, -0.1) is 0 Å². The van der Waals surface area contributed by atoms with E-state index in [1.807, 2.05) is 0 Å². The molecule has 2 aliphatic rings. The fourth-order valence-corrected chi connectivity index (χ4v) is 3.20. The van der Waals surface area contributed by atoms with Crippen molar-refractivity contribution < 1.29 is 9.53 Å². The third-order valence-electron chi connectivity index (χ3n) is 4.16. The third-order valence-corrected chi connectivity index (χ3v) is 4.16. The van der Waals surface area contributed by atoms with Crippen LogP contribution in [0.15, 0.2) is 18.2 Å². The molecule has 1 N–H and O–H groups in total. The molecule has 4 nitrogen and oxygen atoms in total. The minimum Gasteiger partial charge on any atom is -0.467 e. The van der Waals surface area contributed by atoms with E-state index in [4.69, 9.17) is 4.74 Å². The third kappa shape index (κ3) is 2.21. The number of nitrogens with zero attached hydrogens (tertiary/aromatic N) is 1. The van der Waals surface area contributed by atoms with E-state index in [0.29, 0.717) is 0 Å². The zero-order valence-corrected chi connectivity index (χ0v) is 11.3. The van der Waals surface area contributed by atoms with Crippen LogP contribution < -0.4 is 10.2 Å². The van der Waals surface area contributed by atoms with Crippen molar-refractivity contribution in [3.05, 3.63) is 29.3 Å². The Morgan fingerprint density at radius 1 is 1.47 bits per heavy atom. The second-order valence-electron chi connectivity index (χ2n) is 5.22. The van der Waals surface area contributed by atoms with E-state index < -0.39 is 0 Å². The van der Waals surface area contributed by atoms with E-state index in [-0.39, 0.29) is 12.0 Å². The molecular formula is C15H20N2O2. The number of ether oxygens (including phenoxy) is 1. The molecule has 1 atom stereocenters. The lowest BCUT2D eigenvalue weighted by Crippen LogP contribution is -2.38. The van der Waals surface area contributed by atoms with Crippen molar-refractivity contribution in [1.29, 1.82) is 0 Å². The summed E-state index contributed by atoms with van der Waals surface area (Å²) in [6, 6.07) is 6.32. The van der Waals surface area contributed by atoms with Gasteiger partial charge in [-0.1, -0.05) is 12.1 Å². The largest absolute Gasteiger partial charge is 0.467 e. The van der Waals surface area contributed by atoms with E-state index in [1.165, 1.54) is 23.9 Å². The lowest BCUT2D eigenvalue weighted by molar-refractivity contribution is -0.141. The van der Waals surface area contributed by atoms with Gasteiger partial charge in [-0.3, -0.25) is 0 Å². The van der Waals surface area contributed by atoms with Gasteiger partial charge in [0.1, 0.15) is 6.04 Å². The van der Waals surface area contributed by atoms with Crippen molar-refractivity contribution >= 4 is 11.7 Å². The number of carbonyl (C=O) groups is 1. The number of benzene rings is 1. The van der Waals surface area contributed by atoms with Crippen molar-refractivity contribution in [3.63, 3.8) is 0 Å². The number of carbonyl (C=O) groups excluding carboxylic acids is 1. The summed E-state index contributed by atoms with van der Waals surface area (Å²) in [5.74, 6) is -0.112. The zero-order valence-electron chi connectivity index (χ0n) is 11.3. The predicted octanol–water partition coefficient (Wildman–Crippen LogP) is 1.47. The number of nitrogens with one attached hydrogen (secondary N) is 1. The average molecular weight is 260 g/mol. The number of methoxy groups -OCH3 is 1. The van der Waals surface area contributed by atoms with Crippen LogP contribution in [-0.4, -0.2) is 32.2 Å². The molecule has 0 spiro atoms. The Morgan fingerprint density at radius 2 is 2.37 bits per heavy atom. The highest BCUT2D eigenvalue weighted by atomic mass is 16.5. The SMILES string of the molecule is COC(=O)C1CCCN1c1cccc2c1CNCC2. The number of hydrogen-bond acceptors (Lipinski definition) is 4. The van der Waals surface area contributed by atoms with Crippen LogP contribution in [0.25, 0.3) is 0 Å². The summed E-state index contributed by atoms with van der Waals surface area (Å²) in [7, 11) is 1.47. The van der Waals surface area contributed by atoms with Gasteiger partial charge in [0.15, 0.2) is 0 Å². The van der Waals surface area contributed by atoms with Crippen molar-refractivity contribution in [2.45, 2.75) is 31.8 Å². The molecule has 0 saturated carbocycles. The quantitative estimate of drug-likeness (QED) is 0.818. The van der Waals surface area contributed by atoms with Crippen molar-refractivity contribution in [2.75, 3.05) is 25.1 Å². The van der Waals surface area contributed by atoms with Crippen molar-refractivity contribution in [3.8, 4) is 0 Å². The Kier molecular flexibility index (Phi) is 3.42. The summed E-state index contributed by atoms with van der Waals surface area (Å²) in [6.07, 6.45) is 3.01. The normalized spacial score (nSPS) is 22.2. The highest BCUT2D eigenvalue weighted by Crippen LogP contribution is 2.32. The van der Waals surface area contributed by atoms with E-state index in [2.05, 4.69) is 28.4 Å². The smallest absolute Gasteiger partial charge is 0.328 e. The maximum absolute atomic E-state index is 11.9. The standard InChI is InChI=1S/C15H20N2O2/c1-19-15(18)14-6-3-9-17(14)13-5-2-4-11-7-8-16-10-12(11)13/h2,4-5,14,16H,3,6-10H2,1H3. The van der Waals surface area contributed by atoms with E-state index >= 15 is 0 Å². The van der Waals surface area contributed by atoms with E-state index in [0.717, 1.165) is 38.9 Å². The Labute approximate surface area is 113 Å². The maximum Gasteiger partial charge on any atom is 0.328 e. The Balaban J connectivity index is 1.95. The number of esters is 1. The molecule has 0 aromatic heterocycles. The Morgan fingerprint density at radius 3 is 3.21 bits per heavy atom. The topological polar surface area (TPSA) is 41.6 Å². The van der Waals surface area contributed by atoms with Gasteiger partial charge < -0.3 is 15.0 Å². The van der Waals surface area contributed by atoms with Crippen LogP contribution in [-0.2, 0) is 22.5 Å². The Hall–Kier alpha value is -1.55. The van der Waals surface area contributed by atoms with Gasteiger partial charge in [0.25, 0.3) is 0 Å². The first-order chi connectivity index (χ1) is 9.31. The highest BCUT2D eigenvalue weighted by molar-refractivity contribution is 5.81. The van der Waals surface area contributed by atoms with Crippen molar-refractivity contribution in [2.24, 2.45) is 0 Å². The van der Waals surface area contributed by atoms with Crippen LogP contribution in [0, 0.1) is 0 Å². The summed E-state index contributed by atoms with van der Waals surface area (Å²) < 4.78 is 4.93. The van der Waals surface area contributed by atoms with E-state index in [9.17, 15) is 4.79 Å². The molecule has 19 heavy (non-hydrogen) atoms. The van der Waals surface area contributed by atoms with Gasteiger partial charge in [-0.2, -0.15) is 0 Å². The van der Waals surface area contributed by atoms with Gasteiger partial charge in [-0.05, 0) is 43.0 Å². The fraction of sp³-hybridized carbons (Fsp3) is 0.533. The van der Waals surface area contributed by atoms with Gasteiger partial charge in [0.05, 0.1) is 7.11 Å². The lowest BCUT2D eigenvalue weighted by atomic mass is 9.98. The molecule has 102 valence electrons. The summed E-state index contributed by atoms with van der Waals surface area (Å²) in [5.41, 5.74) is 3.97. The number of anilines is 1. The second-order valence-corrected chi connectivity index (χ2v) is 5.22. The van der Waals surface area contributed by atoms with Gasteiger partial charge in [0, 0.05) is 18.8 Å².